The molecule has 0 saturated heterocycles. The summed E-state index contributed by atoms with van der Waals surface area (Å²) in [4.78, 5) is 0. The Hall–Kier alpha value is -1.60. The van der Waals surface area contributed by atoms with Gasteiger partial charge in [-0.15, -0.1) is 0 Å². The van der Waals surface area contributed by atoms with Crippen LogP contribution in [0, 0.1) is 17.1 Å². The minimum atomic E-state index is -0.298. The number of unbranched alkanes of at least 4 members (excludes halogenated alkanes) is 1. The first-order chi connectivity index (χ1) is 8.61. The molecule has 0 bridgehead atoms. The summed E-state index contributed by atoms with van der Waals surface area (Å²) in [6.07, 6.45) is 1.11. The maximum absolute atomic E-state index is 13.4. The maximum Gasteiger partial charge on any atom is 0.127 e. The molecule has 1 aromatic carbocycles. The first-order valence-corrected chi connectivity index (χ1v) is 6.14. The van der Waals surface area contributed by atoms with E-state index in [0.717, 1.165) is 5.56 Å². The summed E-state index contributed by atoms with van der Waals surface area (Å²) in [5.74, 6) is 0.224. The van der Waals surface area contributed by atoms with Gasteiger partial charge in [0, 0.05) is 25.1 Å². The Kier molecular flexibility index (Phi) is 6.16. The maximum atomic E-state index is 13.4. The average molecular weight is 250 g/mol. The Morgan fingerprint density at radius 3 is 2.83 bits per heavy atom. The van der Waals surface area contributed by atoms with Gasteiger partial charge < -0.3 is 10.1 Å². The molecule has 0 spiro atoms. The molecule has 0 heterocycles. The smallest absolute Gasteiger partial charge is 0.127 e. The van der Waals surface area contributed by atoms with Crippen molar-refractivity contribution in [2.75, 3.05) is 6.61 Å². The number of nitrogens with zero attached hydrogens (tertiary/aromatic N) is 1. The molecule has 0 saturated carbocycles. The van der Waals surface area contributed by atoms with Crippen LogP contribution in [0.5, 0.6) is 5.75 Å². The van der Waals surface area contributed by atoms with Crippen LogP contribution in [0.4, 0.5) is 4.39 Å². The highest BCUT2D eigenvalue weighted by atomic mass is 19.1. The fraction of sp³-hybridized carbons (Fsp3) is 0.500. The Balaban J connectivity index is 2.54. The largest absolute Gasteiger partial charge is 0.493 e. The van der Waals surface area contributed by atoms with Gasteiger partial charge in [0.2, 0.25) is 0 Å². The number of rotatable bonds is 7. The van der Waals surface area contributed by atoms with Crippen molar-refractivity contribution in [1.82, 2.24) is 5.32 Å². The lowest BCUT2D eigenvalue weighted by molar-refractivity contribution is 0.310. The standard InChI is InChI=1S/C14H19FN2O/c1-11(2)17-10-12-7-13(15)9-14(8-12)18-6-4-3-5-16/h7-9,11,17H,3-4,6,10H2,1-2H3. The van der Waals surface area contributed by atoms with E-state index in [9.17, 15) is 4.39 Å². The van der Waals surface area contributed by atoms with E-state index in [1.54, 1.807) is 0 Å². The average Bonchev–Trinajstić information content (AvgIpc) is 2.32. The fourth-order valence-corrected chi connectivity index (χ4v) is 1.47. The van der Waals surface area contributed by atoms with Crippen LogP contribution in [-0.4, -0.2) is 12.6 Å². The molecule has 0 aromatic heterocycles. The Bertz CT molecular complexity index is 413. The van der Waals surface area contributed by atoms with Crippen molar-refractivity contribution >= 4 is 0 Å². The zero-order valence-corrected chi connectivity index (χ0v) is 10.9. The lowest BCUT2D eigenvalue weighted by Gasteiger charge is -2.10. The predicted octanol–water partition coefficient (Wildman–Crippen LogP) is 3.01. The zero-order valence-electron chi connectivity index (χ0n) is 10.9. The third-order valence-corrected chi connectivity index (χ3v) is 2.35. The molecule has 1 aromatic rings. The molecule has 0 aliphatic carbocycles. The lowest BCUT2D eigenvalue weighted by Crippen LogP contribution is -2.21. The van der Waals surface area contributed by atoms with Crippen molar-refractivity contribution in [2.45, 2.75) is 39.3 Å². The molecule has 1 N–H and O–H groups in total. The van der Waals surface area contributed by atoms with E-state index < -0.39 is 0 Å². The van der Waals surface area contributed by atoms with Gasteiger partial charge in [0.05, 0.1) is 12.7 Å². The summed E-state index contributed by atoms with van der Waals surface area (Å²) in [6.45, 7) is 5.13. The number of hydrogen-bond donors (Lipinski definition) is 1. The van der Waals surface area contributed by atoms with E-state index in [-0.39, 0.29) is 5.82 Å². The molecule has 0 fully saturated rings. The van der Waals surface area contributed by atoms with Crippen molar-refractivity contribution in [3.8, 4) is 11.8 Å². The zero-order chi connectivity index (χ0) is 13.4. The van der Waals surface area contributed by atoms with Gasteiger partial charge in [-0.3, -0.25) is 0 Å². The molecule has 0 amide bonds. The summed E-state index contributed by atoms with van der Waals surface area (Å²) in [7, 11) is 0. The van der Waals surface area contributed by atoms with Crippen molar-refractivity contribution in [3.05, 3.63) is 29.6 Å². The normalized spacial score (nSPS) is 10.4. The summed E-state index contributed by atoms with van der Waals surface area (Å²) in [5.41, 5.74) is 0.860. The highest BCUT2D eigenvalue weighted by Crippen LogP contribution is 2.17. The first kappa shape index (κ1) is 14.5. The number of ether oxygens (including phenoxy) is 1. The van der Waals surface area contributed by atoms with E-state index in [4.69, 9.17) is 10.00 Å². The van der Waals surface area contributed by atoms with Crippen molar-refractivity contribution in [1.29, 1.82) is 5.26 Å². The van der Waals surface area contributed by atoms with Gasteiger partial charge in [0.25, 0.3) is 0 Å². The van der Waals surface area contributed by atoms with Crippen molar-refractivity contribution in [2.24, 2.45) is 0 Å². The van der Waals surface area contributed by atoms with Gasteiger partial charge in [0.1, 0.15) is 11.6 Å². The van der Waals surface area contributed by atoms with Crippen LogP contribution < -0.4 is 10.1 Å². The van der Waals surface area contributed by atoms with Crippen LogP contribution >= 0.6 is 0 Å². The summed E-state index contributed by atoms with van der Waals surface area (Å²) < 4.78 is 18.8. The SMILES string of the molecule is CC(C)NCc1cc(F)cc(OCCCC#N)c1. The number of halogens is 1. The van der Waals surface area contributed by atoms with Crippen LogP contribution in [0.2, 0.25) is 0 Å². The van der Waals surface area contributed by atoms with E-state index in [0.29, 0.717) is 37.8 Å². The van der Waals surface area contributed by atoms with Crippen LogP contribution in [0.1, 0.15) is 32.3 Å². The monoisotopic (exact) mass is 250 g/mol. The molecular formula is C14H19FN2O. The number of benzene rings is 1. The molecule has 18 heavy (non-hydrogen) atoms. The van der Waals surface area contributed by atoms with Crippen LogP contribution in [0.25, 0.3) is 0 Å². The summed E-state index contributed by atoms with van der Waals surface area (Å²) in [5, 5.41) is 11.6. The Labute approximate surface area is 108 Å². The second-order valence-electron chi connectivity index (χ2n) is 4.44. The Morgan fingerprint density at radius 1 is 1.39 bits per heavy atom. The van der Waals surface area contributed by atoms with E-state index in [2.05, 4.69) is 5.32 Å². The Morgan fingerprint density at radius 2 is 2.17 bits per heavy atom. The molecule has 0 unspecified atom stereocenters. The van der Waals surface area contributed by atoms with E-state index >= 15 is 0 Å². The molecule has 0 atom stereocenters. The van der Waals surface area contributed by atoms with Gasteiger partial charge in [0.15, 0.2) is 0 Å². The number of hydrogen-bond acceptors (Lipinski definition) is 3. The van der Waals surface area contributed by atoms with Crippen LogP contribution in [0.3, 0.4) is 0 Å². The second kappa shape index (κ2) is 7.67. The van der Waals surface area contributed by atoms with Crippen molar-refractivity contribution < 1.29 is 9.13 Å². The third-order valence-electron chi connectivity index (χ3n) is 2.35. The second-order valence-corrected chi connectivity index (χ2v) is 4.44. The van der Waals surface area contributed by atoms with E-state index in [1.165, 1.54) is 12.1 Å². The van der Waals surface area contributed by atoms with Crippen LogP contribution in [0.15, 0.2) is 18.2 Å². The summed E-state index contributed by atoms with van der Waals surface area (Å²) in [6, 6.07) is 7.09. The highest BCUT2D eigenvalue weighted by molar-refractivity contribution is 5.29. The third kappa shape index (κ3) is 5.65. The first-order valence-electron chi connectivity index (χ1n) is 6.14. The molecule has 0 aliphatic rings. The minimum Gasteiger partial charge on any atom is -0.493 e. The molecule has 0 radical (unpaired) electrons. The summed E-state index contributed by atoms with van der Waals surface area (Å²) >= 11 is 0. The number of nitrogens with one attached hydrogen (secondary N) is 1. The van der Waals surface area contributed by atoms with E-state index in [1.807, 2.05) is 26.0 Å². The van der Waals surface area contributed by atoms with Gasteiger partial charge in [-0.1, -0.05) is 13.8 Å². The quantitative estimate of drug-likeness (QED) is 0.757. The van der Waals surface area contributed by atoms with Gasteiger partial charge in [-0.05, 0) is 24.1 Å². The molecule has 98 valence electrons. The van der Waals surface area contributed by atoms with Crippen molar-refractivity contribution in [3.63, 3.8) is 0 Å². The van der Waals surface area contributed by atoms with Gasteiger partial charge in [-0.2, -0.15) is 5.26 Å². The molecular weight excluding hydrogens is 231 g/mol. The fourth-order valence-electron chi connectivity index (χ4n) is 1.47. The van der Waals surface area contributed by atoms with Gasteiger partial charge >= 0.3 is 0 Å². The molecule has 4 heteroatoms. The number of nitriles is 1. The topological polar surface area (TPSA) is 45.0 Å². The molecule has 3 nitrogen and oxygen atoms in total. The molecule has 1 rings (SSSR count). The minimum absolute atomic E-state index is 0.298. The van der Waals surface area contributed by atoms with Crippen LogP contribution in [-0.2, 0) is 6.54 Å². The highest BCUT2D eigenvalue weighted by Gasteiger charge is 2.03. The molecule has 0 aliphatic heterocycles. The van der Waals surface area contributed by atoms with Gasteiger partial charge in [-0.25, -0.2) is 4.39 Å². The predicted molar refractivity (Wildman–Crippen MR) is 68.7 cm³/mol. The lowest BCUT2D eigenvalue weighted by atomic mass is 10.2.